The minimum absolute atomic E-state index is 0.0885. The number of halogens is 1. The number of hydrogen-bond acceptors (Lipinski definition) is 3. The first-order valence-corrected chi connectivity index (χ1v) is 8.74. The van der Waals surface area contributed by atoms with Crippen LogP contribution >= 0.6 is 22.9 Å². The second-order valence-corrected chi connectivity index (χ2v) is 6.96. The highest BCUT2D eigenvalue weighted by atomic mass is 35.5. The lowest BCUT2D eigenvalue weighted by Gasteiger charge is -2.18. The zero-order chi connectivity index (χ0) is 16.8. The molecule has 0 saturated carbocycles. The second kappa shape index (κ2) is 8.22. The van der Waals surface area contributed by atoms with Gasteiger partial charge in [0.05, 0.1) is 23.0 Å². The Bertz CT molecular complexity index is 660. The van der Waals surface area contributed by atoms with Gasteiger partial charge in [0.25, 0.3) is 0 Å². The van der Waals surface area contributed by atoms with E-state index < -0.39 is 0 Å². The predicted molar refractivity (Wildman–Crippen MR) is 95.4 cm³/mol. The van der Waals surface area contributed by atoms with Crippen LogP contribution in [-0.4, -0.2) is 12.6 Å². The van der Waals surface area contributed by atoms with Crippen LogP contribution in [-0.2, 0) is 0 Å². The molecule has 6 heteroatoms. The number of rotatable bonds is 6. The molecule has 1 aromatic heterocycles. The molecule has 0 radical (unpaired) electrons. The third-order valence-corrected chi connectivity index (χ3v) is 4.80. The van der Waals surface area contributed by atoms with E-state index in [2.05, 4.69) is 10.6 Å². The number of hydrogen-bond donors (Lipinski definition) is 2. The highest BCUT2D eigenvalue weighted by Crippen LogP contribution is 2.26. The fourth-order valence-corrected chi connectivity index (χ4v) is 3.25. The first-order valence-electron chi connectivity index (χ1n) is 7.54. The molecule has 2 amide bonds. The Balaban J connectivity index is 1.92. The molecule has 0 aliphatic carbocycles. The molecular weight excluding hydrogens is 332 g/mol. The standard InChI is InChI=1S/C17H21ClN2O2S/c1-4-22-14-7-5-6-13(10-14)11(2)19-17(21)20-12(3)15-8-9-16(18)23-15/h5-12H,4H2,1-3H3,(H2,19,20,21). The molecule has 124 valence electrons. The maximum atomic E-state index is 12.1. The highest BCUT2D eigenvalue weighted by molar-refractivity contribution is 7.16. The average molecular weight is 353 g/mol. The molecule has 0 aliphatic rings. The van der Waals surface area contributed by atoms with Crippen molar-refractivity contribution in [1.29, 1.82) is 0 Å². The summed E-state index contributed by atoms with van der Waals surface area (Å²) < 4.78 is 6.20. The van der Waals surface area contributed by atoms with Gasteiger partial charge in [-0.25, -0.2) is 4.79 Å². The van der Waals surface area contributed by atoms with Crippen LogP contribution in [0.15, 0.2) is 36.4 Å². The van der Waals surface area contributed by atoms with Crippen molar-refractivity contribution in [1.82, 2.24) is 10.6 Å². The second-order valence-electron chi connectivity index (χ2n) is 5.21. The number of carbonyl (C=O) groups is 1. The van der Waals surface area contributed by atoms with E-state index in [4.69, 9.17) is 16.3 Å². The fourth-order valence-electron chi connectivity index (χ4n) is 2.19. The number of ether oxygens (including phenoxy) is 1. The van der Waals surface area contributed by atoms with Crippen LogP contribution in [0, 0.1) is 0 Å². The molecule has 0 saturated heterocycles. The zero-order valence-corrected chi connectivity index (χ0v) is 15.0. The predicted octanol–water partition coefficient (Wildman–Crippen LogP) is 4.92. The van der Waals surface area contributed by atoms with Gasteiger partial charge < -0.3 is 15.4 Å². The van der Waals surface area contributed by atoms with Crippen molar-refractivity contribution in [3.05, 3.63) is 51.2 Å². The zero-order valence-electron chi connectivity index (χ0n) is 13.4. The number of thiophene rings is 1. The van der Waals surface area contributed by atoms with Crippen LogP contribution in [0.4, 0.5) is 4.79 Å². The minimum atomic E-state index is -0.212. The number of carbonyl (C=O) groups excluding carboxylic acids is 1. The van der Waals surface area contributed by atoms with Crippen molar-refractivity contribution in [3.8, 4) is 5.75 Å². The molecule has 1 aromatic carbocycles. The van der Waals surface area contributed by atoms with Gasteiger partial charge >= 0.3 is 6.03 Å². The van der Waals surface area contributed by atoms with Crippen molar-refractivity contribution >= 4 is 29.0 Å². The van der Waals surface area contributed by atoms with Crippen molar-refractivity contribution in [2.75, 3.05) is 6.61 Å². The summed E-state index contributed by atoms with van der Waals surface area (Å²) in [4.78, 5) is 13.2. The van der Waals surface area contributed by atoms with Crippen molar-refractivity contribution in [2.24, 2.45) is 0 Å². The lowest BCUT2D eigenvalue weighted by atomic mass is 10.1. The summed E-state index contributed by atoms with van der Waals surface area (Å²) >= 11 is 7.39. The van der Waals surface area contributed by atoms with Gasteiger partial charge in [0.2, 0.25) is 0 Å². The van der Waals surface area contributed by atoms with Gasteiger partial charge in [-0.1, -0.05) is 23.7 Å². The fraction of sp³-hybridized carbons (Fsp3) is 0.353. The number of amides is 2. The summed E-state index contributed by atoms with van der Waals surface area (Å²) in [5.74, 6) is 0.806. The first-order chi connectivity index (χ1) is 11.0. The van der Waals surface area contributed by atoms with Crippen molar-refractivity contribution in [2.45, 2.75) is 32.9 Å². The van der Waals surface area contributed by atoms with Gasteiger partial charge in [0.15, 0.2) is 0 Å². The Morgan fingerprint density at radius 3 is 2.61 bits per heavy atom. The molecule has 0 aliphatic heterocycles. The molecule has 0 fully saturated rings. The van der Waals surface area contributed by atoms with E-state index in [9.17, 15) is 4.79 Å². The van der Waals surface area contributed by atoms with Gasteiger partial charge in [-0.3, -0.25) is 0 Å². The number of benzene rings is 1. The summed E-state index contributed by atoms with van der Waals surface area (Å²) in [6, 6.07) is 11.1. The van der Waals surface area contributed by atoms with E-state index in [1.807, 2.05) is 57.2 Å². The Morgan fingerprint density at radius 1 is 1.22 bits per heavy atom. The minimum Gasteiger partial charge on any atom is -0.494 e. The van der Waals surface area contributed by atoms with Gasteiger partial charge in [0.1, 0.15) is 5.75 Å². The van der Waals surface area contributed by atoms with Gasteiger partial charge in [-0.2, -0.15) is 0 Å². The third kappa shape index (κ3) is 5.15. The lowest BCUT2D eigenvalue weighted by molar-refractivity contribution is 0.235. The average Bonchev–Trinajstić information content (AvgIpc) is 2.94. The van der Waals surface area contributed by atoms with Crippen LogP contribution in [0.5, 0.6) is 5.75 Å². The molecule has 2 atom stereocenters. The quantitative estimate of drug-likeness (QED) is 0.775. The molecule has 2 rings (SSSR count). The highest BCUT2D eigenvalue weighted by Gasteiger charge is 2.14. The van der Waals surface area contributed by atoms with Crippen LogP contribution in [0.25, 0.3) is 0 Å². The summed E-state index contributed by atoms with van der Waals surface area (Å²) in [5.41, 5.74) is 0.998. The molecule has 1 heterocycles. The van der Waals surface area contributed by atoms with Gasteiger partial charge in [-0.05, 0) is 50.6 Å². The SMILES string of the molecule is CCOc1cccc(C(C)NC(=O)NC(C)c2ccc(Cl)s2)c1. The lowest BCUT2D eigenvalue weighted by Crippen LogP contribution is -2.38. The van der Waals surface area contributed by atoms with Crippen LogP contribution < -0.4 is 15.4 Å². The Hall–Kier alpha value is -1.72. The normalized spacial score (nSPS) is 13.2. The third-order valence-electron chi connectivity index (χ3n) is 3.39. The molecule has 0 bridgehead atoms. The summed E-state index contributed by atoms with van der Waals surface area (Å²) in [7, 11) is 0. The van der Waals surface area contributed by atoms with Crippen molar-refractivity contribution in [3.63, 3.8) is 0 Å². The topological polar surface area (TPSA) is 50.4 Å². The van der Waals surface area contributed by atoms with E-state index in [0.717, 1.165) is 20.5 Å². The van der Waals surface area contributed by atoms with Crippen LogP contribution in [0.3, 0.4) is 0 Å². The van der Waals surface area contributed by atoms with E-state index in [1.165, 1.54) is 11.3 Å². The molecule has 2 N–H and O–H groups in total. The number of nitrogens with one attached hydrogen (secondary N) is 2. The molecule has 2 unspecified atom stereocenters. The molecule has 0 spiro atoms. The van der Waals surface area contributed by atoms with Gasteiger partial charge in [0, 0.05) is 4.88 Å². The van der Waals surface area contributed by atoms with Gasteiger partial charge in [-0.15, -0.1) is 11.3 Å². The smallest absolute Gasteiger partial charge is 0.315 e. The molecular formula is C17H21ClN2O2S. The summed E-state index contributed by atoms with van der Waals surface area (Å²) in [6.45, 7) is 6.44. The Labute approximate surface area is 145 Å². The van der Waals surface area contributed by atoms with Crippen molar-refractivity contribution < 1.29 is 9.53 Å². The van der Waals surface area contributed by atoms with Crippen LogP contribution in [0.1, 0.15) is 43.3 Å². The van der Waals surface area contributed by atoms with E-state index in [-0.39, 0.29) is 18.1 Å². The Kier molecular flexibility index (Phi) is 6.30. The largest absolute Gasteiger partial charge is 0.494 e. The maximum Gasteiger partial charge on any atom is 0.315 e. The van der Waals surface area contributed by atoms with E-state index >= 15 is 0 Å². The first kappa shape index (κ1) is 17.6. The monoisotopic (exact) mass is 352 g/mol. The molecule has 23 heavy (non-hydrogen) atoms. The summed E-state index contributed by atoms with van der Waals surface area (Å²) in [5, 5.41) is 5.86. The summed E-state index contributed by atoms with van der Waals surface area (Å²) in [6.07, 6.45) is 0. The van der Waals surface area contributed by atoms with E-state index in [0.29, 0.717) is 6.61 Å². The Morgan fingerprint density at radius 2 is 1.96 bits per heavy atom. The number of urea groups is 1. The maximum absolute atomic E-state index is 12.1. The molecule has 4 nitrogen and oxygen atoms in total. The van der Waals surface area contributed by atoms with Crippen LogP contribution in [0.2, 0.25) is 4.34 Å². The van der Waals surface area contributed by atoms with E-state index in [1.54, 1.807) is 0 Å². The molecule has 2 aromatic rings.